The van der Waals surface area contributed by atoms with Crippen molar-refractivity contribution in [2.45, 2.75) is 25.2 Å². The lowest BCUT2D eigenvalue weighted by molar-refractivity contribution is 0.211. The third-order valence-electron chi connectivity index (χ3n) is 5.12. The highest BCUT2D eigenvalue weighted by Crippen LogP contribution is 2.28. The molecule has 0 unspecified atom stereocenters. The van der Waals surface area contributed by atoms with Crippen LogP contribution in [0.5, 0.6) is 0 Å². The van der Waals surface area contributed by atoms with Gasteiger partial charge in [0.05, 0.1) is 0 Å². The van der Waals surface area contributed by atoms with Crippen LogP contribution in [0.4, 0.5) is 0 Å². The van der Waals surface area contributed by atoms with Gasteiger partial charge in [-0.15, -0.1) is 10.2 Å². The molecule has 1 fully saturated rings. The molecule has 0 N–H and O–H groups in total. The van der Waals surface area contributed by atoms with Gasteiger partial charge in [0.1, 0.15) is 12.2 Å². The van der Waals surface area contributed by atoms with E-state index in [1.165, 1.54) is 5.56 Å². The van der Waals surface area contributed by atoms with E-state index in [4.69, 9.17) is 0 Å². The number of aromatic nitrogens is 3. The summed E-state index contributed by atoms with van der Waals surface area (Å²) in [4.78, 5) is 2.58. The molecule has 0 bridgehead atoms. The van der Waals surface area contributed by atoms with Gasteiger partial charge >= 0.3 is 0 Å². The average molecular weight is 332 g/mol. The van der Waals surface area contributed by atoms with Gasteiger partial charge in [-0.1, -0.05) is 48.5 Å². The lowest BCUT2D eigenvalue weighted by Gasteiger charge is -2.31. The lowest BCUT2D eigenvalue weighted by Crippen LogP contribution is -2.35. The van der Waals surface area contributed by atoms with E-state index in [0.29, 0.717) is 5.92 Å². The molecule has 1 saturated heterocycles. The number of nitrogens with zero attached hydrogens (tertiary/aromatic N) is 4. The topological polar surface area (TPSA) is 34.0 Å². The van der Waals surface area contributed by atoms with Gasteiger partial charge in [0.25, 0.3) is 0 Å². The number of benzene rings is 2. The number of rotatable bonds is 5. The molecule has 4 rings (SSSR count). The Morgan fingerprint density at radius 3 is 2.28 bits per heavy atom. The zero-order chi connectivity index (χ0) is 16.9. The summed E-state index contributed by atoms with van der Waals surface area (Å²) in [5.41, 5.74) is 2.57. The molecule has 0 saturated carbocycles. The number of piperidine rings is 1. The van der Waals surface area contributed by atoms with Gasteiger partial charge in [0.2, 0.25) is 0 Å². The van der Waals surface area contributed by atoms with Crippen LogP contribution in [0.15, 0.2) is 67.0 Å². The molecular weight excluding hydrogens is 308 g/mol. The normalized spacial score (nSPS) is 16.2. The molecular formula is C21H24N4. The molecule has 0 amide bonds. The Hall–Kier alpha value is -2.46. The van der Waals surface area contributed by atoms with Crippen LogP contribution in [0.1, 0.15) is 30.1 Å². The fourth-order valence-corrected chi connectivity index (χ4v) is 3.66. The van der Waals surface area contributed by atoms with E-state index in [-0.39, 0.29) is 0 Å². The second kappa shape index (κ2) is 7.62. The molecule has 3 aromatic rings. The quantitative estimate of drug-likeness (QED) is 0.714. The molecule has 4 nitrogen and oxygen atoms in total. The summed E-state index contributed by atoms with van der Waals surface area (Å²) in [6, 6.07) is 21.1. The fourth-order valence-electron chi connectivity index (χ4n) is 3.66. The average Bonchev–Trinajstić information content (AvgIpc) is 3.18. The summed E-state index contributed by atoms with van der Waals surface area (Å²) >= 11 is 0. The minimum absolute atomic E-state index is 0.496. The Labute approximate surface area is 149 Å². The van der Waals surface area contributed by atoms with Crippen LogP contribution < -0.4 is 0 Å². The molecule has 1 aliphatic heterocycles. The van der Waals surface area contributed by atoms with Crippen molar-refractivity contribution < 1.29 is 0 Å². The van der Waals surface area contributed by atoms with Crippen LogP contribution >= 0.6 is 0 Å². The Kier molecular flexibility index (Phi) is 4.89. The van der Waals surface area contributed by atoms with E-state index in [9.17, 15) is 0 Å². The third-order valence-corrected chi connectivity index (χ3v) is 5.12. The molecule has 1 aliphatic rings. The molecule has 25 heavy (non-hydrogen) atoms. The highest BCUT2D eigenvalue weighted by molar-refractivity contribution is 5.32. The van der Waals surface area contributed by atoms with Crippen molar-refractivity contribution in [2.24, 2.45) is 0 Å². The van der Waals surface area contributed by atoms with E-state index in [0.717, 1.165) is 50.4 Å². The zero-order valence-electron chi connectivity index (χ0n) is 14.5. The molecule has 0 spiro atoms. The first-order valence-corrected chi connectivity index (χ1v) is 9.12. The van der Waals surface area contributed by atoms with Crippen LogP contribution in [0, 0.1) is 0 Å². The highest BCUT2D eigenvalue weighted by atomic mass is 15.3. The maximum Gasteiger partial charge on any atom is 0.140 e. The minimum Gasteiger partial charge on any atom is -0.303 e. The van der Waals surface area contributed by atoms with Crippen LogP contribution in [0.25, 0.3) is 5.69 Å². The van der Waals surface area contributed by atoms with Crippen LogP contribution in [0.3, 0.4) is 0 Å². The first-order chi connectivity index (χ1) is 12.4. The van der Waals surface area contributed by atoms with Crippen LogP contribution in [0.2, 0.25) is 0 Å². The summed E-state index contributed by atoms with van der Waals surface area (Å²) in [6.45, 7) is 3.42. The zero-order valence-corrected chi connectivity index (χ0v) is 14.5. The van der Waals surface area contributed by atoms with Gasteiger partial charge in [-0.2, -0.15) is 0 Å². The summed E-state index contributed by atoms with van der Waals surface area (Å²) in [5.74, 6) is 1.60. The Balaban J connectivity index is 1.36. The number of hydrogen-bond acceptors (Lipinski definition) is 3. The van der Waals surface area contributed by atoms with Crippen molar-refractivity contribution in [3.05, 3.63) is 78.4 Å². The van der Waals surface area contributed by atoms with Crippen LogP contribution in [-0.4, -0.2) is 39.3 Å². The SMILES string of the molecule is c1ccc(CCN2CCC(c3nncn3-c3ccccc3)CC2)cc1. The summed E-state index contributed by atoms with van der Waals surface area (Å²) in [5, 5.41) is 8.60. The van der Waals surface area contributed by atoms with E-state index in [1.54, 1.807) is 0 Å². The van der Waals surface area contributed by atoms with Gasteiger partial charge in [0.15, 0.2) is 0 Å². The first kappa shape index (κ1) is 16.0. The fraction of sp³-hybridized carbons (Fsp3) is 0.333. The molecule has 0 atom stereocenters. The minimum atomic E-state index is 0.496. The van der Waals surface area contributed by atoms with Crippen molar-refractivity contribution in [1.82, 2.24) is 19.7 Å². The molecule has 0 radical (unpaired) electrons. The summed E-state index contributed by atoms with van der Waals surface area (Å²) < 4.78 is 2.14. The van der Waals surface area contributed by atoms with Crippen molar-refractivity contribution in [3.63, 3.8) is 0 Å². The standard InChI is InChI=1S/C21H24N4/c1-3-7-18(8-4-1)11-14-24-15-12-19(13-16-24)21-23-22-17-25(21)20-9-5-2-6-10-20/h1-10,17,19H,11-16H2. The summed E-state index contributed by atoms with van der Waals surface area (Å²) in [7, 11) is 0. The monoisotopic (exact) mass is 332 g/mol. The van der Waals surface area contributed by atoms with Gasteiger partial charge in [0, 0.05) is 18.2 Å². The summed E-state index contributed by atoms with van der Waals surface area (Å²) in [6.07, 6.45) is 5.28. The van der Waals surface area contributed by atoms with Gasteiger partial charge in [-0.25, -0.2) is 0 Å². The molecule has 0 aliphatic carbocycles. The van der Waals surface area contributed by atoms with E-state index in [2.05, 4.69) is 74.3 Å². The first-order valence-electron chi connectivity index (χ1n) is 9.12. The Bertz CT molecular complexity index is 774. The van der Waals surface area contributed by atoms with E-state index >= 15 is 0 Å². The van der Waals surface area contributed by atoms with E-state index in [1.807, 2.05) is 12.4 Å². The second-order valence-electron chi connectivity index (χ2n) is 6.75. The molecule has 2 heterocycles. The predicted molar refractivity (Wildman–Crippen MR) is 99.9 cm³/mol. The number of para-hydroxylation sites is 1. The Morgan fingerprint density at radius 1 is 0.880 bits per heavy atom. The maximum atomic E-state index is 4.43. The van der Waals surface area contributed by atoms with Crippen molar-refractivity contribution in [3.8, 4) is 5.69 Å². The van der Waals surface area contributed by atoms with Gasteiger partial charge in [-0.05, 0) is 50.0 Å². The third kappa shape index (κ3) is 3.80. The Morgan fingerprint density at radius 2 is 1.56 bits per heavy atom. The molecule has 4 heteroatoms. The van der Waals surface area contributed by atoms with Crippen LogP contribution in [-0.2, 0) is 6.42 Å². The number of hydrogen-bond donors (Lipinski definition) is 0. The van der Waals surface area contributed by atoms with Crippen molar-refractivity contribution >= 4 is 0 Å². The molecule has 2 aromatic carbocycles. The van der Waals surface area contributed by atoms with Gasteiger partial charge < -0.3 is 4.90 Å². The molecule has 1 aromatic heterocycles. The number of likely N-dealkylation sites (tertiary alicyclic amines) is 1. The molecule has 128 valence electrons. The largest absolute Gasteiger partial charge is 0.303 e. The highest BCUT2D eigenvalue weighted by Gasteiger charge is 2.24. The van der Waals surface area contributed by atoms with Gasteiger partial charge in [-0.3, -0.25) is 4.57 Å². The second-order valence-corrected chi connectivity index (χ2v) is 6.75. The van der Waals surface area contributed by atoms with E-state index < -0.39 is 0 Å². The maximum absolute atomic E-state index is 4.43. The predicted octanol–water partition coefficient (Wildman–Crippen LogP) is 3.69. The smallest absolute Gasteiger partial charge is 0.140 e. The van der Waals surface area contributed by atoms with Crippen molar-refractivity contribution in [1.29, 1.82) is 0 Å². The lowest BCUT2D eigenvalue weighted by atomic mass is 9.95. The van der Waals surface area contributed by atoms with Crippen molar-refractivity contribution in [2.75, 3.05) is 19.6 Å².